The van der Waals surface area contributed by atoms with E-state index in [-0.39, 0.29) is 10.7 Å². The van der Waals surface area contributed by atoms with Crippen molar-refractivity contribution in [2.75, 3.05) is 18.2 Å². The second-order valence-electron chi connectivity index (χ2n) is 2.25. The molecule has 0 aliphatic rings. The molecule has 0 radical (unpaired) electrons. The molecule has 12 heavy (non-hydrogen) atoms. The van der Waals surface area contributed by atoms with Crippen molar-refractivity contribution in [3.63, 3.8) is 0 Å². The molecule has 0 saturated heterocycles. The molecule has 0 atom stereocenters. The van der Waals surface area contributed by atoms with Gasteiger partial charge in [-0.2, -0.15) is 5.10 Å². The van der Waals surface area contributed by atoms with Crippen LogP contribution in [0, 0.1) is 0 Å². The van der Waals surface area contributed by atoms with Gasteiger partial charge < -0.3 is 5.73 Å². The SMILES string of the molecule is CSc1n[nH]c(N)c1S(C)(=O)=O. The summed E-state index contributed by atoms with van der Waals surface area (Å²) in [4.78, 5) is 0.0926. The fraction of sp³-hybridized carbons (Fsp3) is 0.400. The molecule has 1 aromatic rings. The lowest BCUT2D eigenvalue weighted by Crippen LogP contribution is -2.01. The van der Waals surface area contributed by atoms with Crippen LogP contribution in [0.5, 0.6) is 0 Å². The Morgan fingerprint density at radius 3 is 2.50 bits per heavy atom. The Balaban J connectivity index is 3.39. The molecule has 0 amide bonds. The van der Waals surface area contributed by atoms with Crippen LogP contribution in [0.1, 0.15) is 0 Å². The van der Waals surface area contributed by atoms with Crippen molar-refractivity contribution in [2.24, 2.45) is 0 Å². The number of hydrogen-bond acceptors (Lipinski definition) is 5. The molecule has 1 rings (SSSR count). The van der Waals surface area contributed by atoms with Gasteiger partial charge in [0.25, 0.3) is 0 Å². The van der Waals surface area contributed by atoms with Crippen LogP contribution in [0.4, 0.5) is 5.82 Å². The number of aromatic amines is 1. The van der Waals surface area contributed by atoms with E-state index < -0.39 is 9.84 Å². The summed E-state index contributed by atoms with van der Waals surface area (Å²) in [5.74, 6) is 0.0989. The number of rotatable bonds is 2. The minimum Gasteiger partial charge on any atom is -0.383 e. The number of nitrogens with two attached hydrogens (primary N) is 1. The minimum absolute atomic E-state index is 0.0926. The van der Waals surface area contributed by atoms with Crippen LogP contribution >= 0.6 is 11.8 Å². The Morgan fingerprint density at radius 2 is 2.17 bits per heavy atom. The van der Waals surface area contributed by atoms with E-state index in [2.05, 4.69) is 10.2 Å². The zero-order valence-electron chi connectivity index (χ0n) is 6.66. The lowest BCUT2D eigenvalue weighted by molar-refractivity contribution is 0.600. The van der Waals surface area contributed by atoms with Crippen LogP contribution in [0.2, 0.25) is 0 Å². The molecule has 0 aromatic carbocycles. The molecule has 5 nitrogen and oxygen atoms in total. The third-order valence-electron chi connectivity index (χ3n) is 1.28. The molecule has 0 aliphatic heterocycles. The molecule has 0 fully saturated rings. The van der Waals surface area contributed by atoms with Crippen molar-refractivity contribution in [3.05, 3.63) is 0 Å². The number of nitrogens with zero attached hydrogens (tertiary/aromatic N) is 1. The number of anilines is 1. The monoisotopic (exact) mass is 207 g/mol. The highest BCUT2D eigenvalue weighted by molar-refractivity contribution is 7.99. The molecule has 3 N–H and O–H groups in total. The number of hydrogen-bond donors (Lipinski definition) is 2. The molecule has 7 heteroatoms. The van der Waals surface area contributed by atoms with Gasteiger partial charge in [-0.05, 0) is 6.26 Å². The van der Waals surface area contributed by atoms with E-state index >= 15 is 0 Å². The summed E-state index contributed by atoms with van der Waals surface area (Å²) in [5, 5.41) is 6.57. The first kappa shape index (κ1) is 9.40. The predicted octanol–water partition coefficient (Wildman–Crippen LogP) is 0.117. The minimum atomic E-state index is -3.27. The number of H-pyrrole nitrogens is 1. The maximum absolute atomic E-state index is 11.1. The third kappa shape index (κ3) is 1.56. The fourth-order valence-electron chi connectivity index (χ4n) is 0.824. The summed E-state index contributed by atoms with van der Waals surface area (Å²) in [7, 11) is -3.27. The molecule has 1 heterocycles. The predicted molar refractivity (Wildman–Crippen MR) is 47.9 cm³/mol. The Bertz CT molecular complexity index is 381. The van der Waals surface area contributed by atoms with E-state index in [1.807, 2.05) is 0 Å². The third-order valence-corrected chi connectivity index (χ3v) is 3.25. The van der Waals surface area contributed by atoms with Gasteiger partial charge in [-0.15, -0.1) is 11.8 Å². The van der Waals surface area contributed by atoms with E-state index in [1.165, 1.54) is 11.8 Å². The number of nitrogens with one attached hydrogen (secondary N) is 1. The molecule has 0 aliphatic carbocycles. The smallest absolute Gasteiger partial charge is 0.181 e. The maximum atomic E-state index is 11.1. The maximum Gasteiger partial charge on any atom is 0.181 e. The molecule has 1 aromatic heterocycles. The number of nitrogen functional groups attached to an aromatic ring is 1. The van der Waals surface area contributed by atoms with Crippen molar-refractivity contribution in [3.8, 4) is 0 Å². The molecular weight excluding hydrogens is 198 g/mol. The normalized spacial score (nSPS) is 11.8. The van der Waals surface area contributed by atoms with Crippen LogP contribution in [0.25, 0.3) is 0 Å². The van der Waals surface area contributed by atoms with Crippen LogP contribution in [-0.4, -0.2) is 31.1 Å². The van der Waals surface area contributed by atoms with Crippen molar-refractivity contribution >= 4 is 27.4 Å². The first-order valence-corrected chi connectivity index (χ1v) is 6.16. The topological polar surface area (TPSA) is 88.8 Å². The van der Waals surface area contributed by atoms with E-state index in [1.54, 1.807) is 6.26 Å². The van der Waals surface area contributed by atoms with E-state index in [0.29, 0.717) is 5.03 Å². The molecule has 0 spiro atoms. The van der Waals surface area contributed by atoms with Gasteiger partial charge in [-0.3, -0.25) is 5.10 Å². The molecule has 68 valence electrons. The van der Waals surface area contributed by atoms with Crippen molar-refractivity contribution < 1.29 is 8.42 Å². The van der Waals surface area contributed by atoms with Crippen molar-refractivity contribution in [1.29, 1.82) is 0 Å². The summed E-state index contributed by atoms with van der Waals surface area (Å²) < 4.78 is 22.3. The van der Waals surface area contributed by atoms with E-state index in [9.17, 15) is 8.42 Å². The summed E-state index contributed by atoms with van der Waals surface area (Å²) in [6, 6.07) is 0. The van der Waals surface area contributed by atoms with Gasteiger partial charge in [0.1, 0.15) is 15.7 Å². The summed E-state index contributed by atoms with van der Waals surface area (Å²) in [5.41, 5.74) is 5.39. The standard InChI is InChI=1S/C5H9N3O2S2/c1-11-5-3(12(2,9)10)4(6)7-8-5/h1-2H3,(H3,6,7,8). The quantitative estimate of drug-likeness (QED) is 0.672. The number of sulfone groups is 1. The van der Waals surface area contributed by atoms with Gasteiger partial charge in [0.2, 0.25) is 0 Å². The van der Waals surface area contributed by atoms with Crippen LogP contribution in [-0.2, 0) is 9.84 Å². The van der Waals surface area contributed by atoms with Gasteiger partial charge in [-0.1, -0.05) is 0 Å². The number of thioether (sulfide) groups is 1. The Morgan fingerprint density at radius 1 is 1.58 bits per heavy atom. The average Bonchev–Trinajstić information content (AvgIpc) is 2.29. The van der Waals surface area contributed by atoms with Gasteiger partial charge in [0, 0.05) is 6.26 Å². The zero-order chi connectivity index (χ0) is 9.35. The van der Waals surface area contributed by atoms with Crippen molar-refractivity contribution in [1.82, 2.24) is 10.2 Å². The summed E-state index contributed by atoms with van der Waals surface area (Å²) in [6.07, 6.45) is 2.85. The van der Waals surface area contributed by atoms with Gasteiger partial charge in [0.05, 0.1) is 0 Å². The Labute approximate surface area is 74.6 Å². The molecule has 0 saturated carbocycles. The van der Waals surface area contributed by atoms with E-state index in [4.69, 9.17) is 5.73 Å². The Kier molecular flexibility index (Phi) is 2.34. The van der Waals surface area contributed by atoms with Gasteiger partial charge >= 0.3 is 0 Å². The summed E-state index contributed by atoms with van der Waals surface area (Å²) >= 11 is 1.24. The average molecular weight is 207 g/mol. The second-order valence-corrected chi connectivity index (χ2v) is 5.00. The van der Waals surface area contributed by atoms with Crippen LogP contribution < -0.4 is 5.73 Å². The van der Waals surface area contributed by atoms with E-state index in [0.717, 1.165) is 6.26 Å². The van der Waals surface area contributed by atoms with Crippen molar-refractivity contribution in [2.45, 2.75) is 9.92 Å². The molecule has 0 unspecified atom stereocenters. The fourth-order valence-corrected chi connectivity index (χ4v) is 2.77. The highest BCUT2D eigenvalue weighted by Gasteiger charge is 2.19. The largest absolute Gasteiger partial charge is 0.383 e. The van der Waals surface area contributed by atoms with Gasteiger partial charge in [0.15, 0.2) is 9.84 Å². The summed E-state index contributed by atoms with van der Waals surface area (Å²) in [6.45, 7) is 0. The first-order chi connectivity index (χ1) is 5.46. The first-order valence-electron chi connectivity index (χ1n) is 3.04. The lowest BCUT2D eigenvalue weighted by atomic mass is 10.6. The zero-order valence-corrected chi connectivity index (χ0v) is 8.29. The molecular formula is C5H9N3O2S2. The second kappa shape index (κ2) is 2.98. The highest BCUT2D eigenvalue weighted by Crippen LogP contribution is 2.26. The number of aromatic nitrogens is 2. The van der Waals surface area contributed by atoms with Crippen LogP contribution in [0.3, 0.4) is 0 Å². The van der Waals surface area contributed by atoms with Crippen LogP contribution in [0.15, 0.2) is 9.92 Å². The Hall–Kier alpha value is -0.690. The lowest BCUT2D eigenvalue weighted by Gasteiger charge is -1.96. The highest BCUT2D eigenvalue weighted by atomic mass is 32.2. The molecule has 0 bridgehead atoms. The van der Waals surface area contributed by atoms with Gasteiger partial charge in [-0.25, -0.2) is 8.42 Å².